The minimum Gasteiger partial charge on any atom is -0.478 e. The van der Waals surface area contributed by atoms with E-state index in [0.717, 1.165) is 6.21 Å². The smallest absolute Gasteiger partial charge is 0.410 e. The zero-order chi connectivity index (χ0) is 19.7. The van der Waals surface area contributed by atoms with Crippen molar-refractivity contribution in [3.05, 3.63) is 23.7 Å². The van der Waals surface area contributed by atoms with Gasteiger partial charge in [-0.1, -0.05) is 13.8 Å². The lowest BCUT2D eigenvalue weighted by Crippen LogP contribution is -2.43. The van der Waals surface area contributed by atoms with Crippen LogP contribution in [-0.2, 0) is 19.0 Å². The van der Waals surface area contributed by atoms with E-state index in [9.17, 15) is 9.59 Å². The molecule has 3 N–H and O–H groups in total. The summed E-state index contributed by atoms with van der Waals surface area (Å²) < 4.78 is 15.7. The van der Waals surface area contributed by atoms with Crippen molar-refractivity contribution in [2.45, 2.75) is 40.2 Å². The fraction of sp³-hybridized carbons (Fsp3) is 0.611. The van der Waals surface area contributed by atoms with E-state index in [0.29, 0.717) is 19.8 Å². The molecule has 1 rings (SSSR count). The summed E-state index contributed by atoms with van der Waals surface area (Å²) in [4.78, 5) is 25.4. The van der Waals surface area contributed by atoms with Crippen molar-refractivity contribution in [1.29, 1.82) is 0 Å². The second-order valence-electron chi connectivity index (χ2n) is 6.73. The third-order valence-corrected chi connectivity index (χ3v) is 3.63. The number of hydrogen-bond donors (Lipinski definition) is 2. The third kappa shape index (κ3) is 6.09. The molecule has 8 heteroatoms. The average Bonchev–Trinajstić information content (AvgIpc) is 2.99. The van der Waals surface area contributed by atoms with Gasteiger partial charge in [-0.2, -0.15) is 0 Å². The first kappa shape index (κ1) is 21.5. The van der Waals surface area contributed by atoms with Crippen LogP contribution in [0.25, 0.3) is 0 Å². The van der Waals surface area contributed by atoms with Crippen LogP contribution in [0.1, 0.15) is 34.6 Å². The van der Waals surface area contributed by atoms with Crippen molar-refractivity contribution in [3.63, 3.8) is 0 Å². The maximum Gasteiger partial charge on any atom is 0.410 e. The molecule has 146 valence electrons. The lowest BCUT2D eigenvalue weighted by molar-refractivity contribution is -0.139. The predicted molar refractivity (Wildman–Crippen MR) is 96.8 cm³/mol. The van der Waals surface area contributed by atoms with Gasteiger partial charge in [0, 0.05) is 6.20 Å². The summed E-state index contributed by atoms with van der Waals surface area (Å²) in [6, 6.07) is 0. The molecule has 0 spiro atoms. The first-order valence-corrected chi connectivity index (χ1v) is 8.70. The molecule has 0 saturated carbocycles. The Morgan fingerprint density at radius 3 is 2.62 bits per heavy atom. The van der Waals surface area contributed by atoms with Crippen LogP contribution in [0.4, 0.5) is 4.79 Å². The number of hydrogen-bond acceptors (Lipinski definition) is 6. The second-order valence-corrected chi connectivity index (χ2v) is 6.73. The number of carbonyl (C=O) groups excluding carboxylic acids is 2. The first-order valence-electron chi connectivity index (χ1n) is 8.70. The molecule has 0 atom stereocenters. The summed E-state index contributed by atoms with van der Waals surface area (Å²) in [5.41, 5.74) is -0.462. The van der Waals surface area contributed by atoms with Crippen LogP contribution in [0.2, 0.25) is 0 Å². The Morgan fingerprint density at radius 1 is 1.42 bits per heavy atom. The number of amides is 1. The van der Waals surface area contributed by atoms with Gasteiger partial charge in [0.2, 0.25) is 5.88 Å². The first-order chi connectivity index (χ1) is 12.2. The molecule has 1 fully saturated rings. The van der Waals surface area contributed by atoms with E-state index in [-0.39, 0.29) is 30.1 Å². The van der Waals surface area contributed by atoms with Gasteiger partial charge in [-0.25, -0.2) is 9.59 Å². The monoisotopic (exact) mass is 368 g/mol. The van der Waals surface area contributed by atoms with Crippen LogP contribution in [0.15, 0.2) is 23.7 Å². The van der Waals surface area contributed by atoms with Crippen molar-refractivity contribution in [3.8, 4) is 0 Å². The van der Waals surface area contributed by atoms with E-state index >= 15 is 0 Å². The van der Waals surface area contributed by atoms with E-state index < -0.39 is 11.5 Å². The normalized spacial score (nSPS) is 15.8. The second kappa shape index (κ2) is 9.84. The molecule has 1 amide bonds. The van der Waals surface area contributed by atoms with E-state index in [2.05, 4.69) is 5.32 Å². The summed E-state index contributed by atoms with van der Waals surface area (Å²) in [6.45, 7) is 11.0. The minimum atomic E-state index is -0.572. The lowest BCUT2D eigenvalue weighted by atomic mass is 10.0. The van der Waals surface area contributed by atoms with E-state index in [1.807, 2.05) is 27.7 Å². The maximum atomic E-state index is 12.1. The Balaban J connectivity index is 2.95. The highest BCUT2D eigenvalue weighted by molar-refractivity contribution is 6.08. The summed E-state index contributed by atoms with van der Waals surface area (Å²) in [6.07, 6.45) is 4.20. The highest BCUT2D eigenvalue weighted by Crippen LogP contribution is 2.20. The zero-order valence-electron chi connectivity index (χ0n) is 16.2. The van der Waals surface area contributed by atoms with E-state index in [4.69, 9.17) is 19.6 Å². The van der Waals surface area contributed by atoms with Crippen molar-refractivity contribution in [1.82, 2.24) is 10.2 Å². The van der Waals surface area contributed by atoms with Gasteiger partial charge in [0.15, 0.2) is 11.8 Å². The summed E-state index contributed by atoms with van der Waals surface area (Å²) >= 11 is 0. The van der Waals surface area contributed by atoms with E-state index in [1.165, 1.54) is 0 Å². The third-order valence-electron chi connectivity index (χ3n) is 3.63. The predicted octanol–water partition coefficient (Wildman–Crippen LogP) is 0.598. The van der Waals surface area contributed by atoms with Gasteiger partial charge in [-0.05, 0) is 32.8 Å². The number of rotatable bonds is 10. The Bertz CT molecular complexity index is 581. The zero-order valence-corrected chi connectivity index (χ0v) is 16.2. The van der Waals surface area contributed by atoms with Gasteiger partial charge in [0.05, 0.1) is 25.3 Å². The number of ether oxygens (including phenoxy) is 3. The summed E-state index contributed by atoms with van der Waals surface area (Å²) in [5, 5.41) is 8.54. The number of nitrogens with zero attached hydrogens (tertiary/aromatic N) is 1. The summed E-state index contributed by atoms with van der Waals surface area (Å²) in [5.74, 6) is -0.111. The minimum absolute atomic E-state index is 0.107. The Kier molecular flexibility index (Phi) is 8.15. The number of esters is 1. The standard InChI is InChI=1S/C18H29N3O5/c1-6-24-16(22)14(11-19)15(26-12-13(2)3)20-8-7-18(4,5)21-9-10-25-17(21)23/h7-8,11,13,19-20H,6,9-10,12H2,1-5H3/p+1/b8-7+,15-14-,19-11?. The molecule has 1 aliphatic rings. The lowest BCUT2D eigenvalue weighted by Gasteiger charge is -2.30. The summed E-state index contributed by atoms with van der Waals surface area (Å²) in [7, 11) is 0. The molecule has 26 heavy (non-hydrogen) atoms. The molecule has 1 heterocycles. The van der Waals surface area contributed by atoms with Gasteiger partial charge < -0.3 is 19.5 Å². The molecule has 0 aromatic heterocycles. The Labute approximate surface area is 154 Å². The molecule has 0 aromatic carbocycles. The molecule has 0 aromatic rings. The fourth-order valence-electron chi connectivity index (χ4n) is 2.22. The molecule has 8 nitrogen and oxygen atoms in total. The molecular weight excluding hydrogens is 338 g/mol. The van der Waals surface area contributed by atoms with Crippen molar-refractivity contribution >= 4 is 18.3 Å². The fourth-order valence-corrected chi connectivity index (χ4v) is 2.22. The molecule has 0 radical (unpaired) electrons. The molecule has 0 aliphatic carbocycles. The number of nitrogens with one attached hydrogen (secondary N) is 1. The van der Waals surface area contributed by atoms with Crippen LogP contribution in [0.5, 0.6) is 0 Å². The Morgan fingerprint density at radius 2 is 2.12 bits per heavy atom. The van der Waals surface area contributed by atoms with Gasteiger partial charge >= 0.3 is 12.1 Å². The van der Waals surface area contributed by atoms with Gasteiger partial charge in [-0.3, -0.25) is 10.3 Å². The van der Waals surface area contributed by atoms with Crippen LogP contribution < -0.4 is 10.7 Å². The van der Waals surface area contributed by atoms with Crippen LogP contribution in [0, 0.1) is 5.92 Å². The average molecular weight is 368 g/mol. The van der Waals surface area contributed by atoms with Crippen molar-refractivity contribution in [2.75, 3.05) is 26.4 Å². The van der Waals surface area contributed by atoms with E-state index in [1.54, 1.807) is 24.1 Å². The van der Waals surface area contributed by atoms with Crippen LogP contribution in [0.3, 0.4) is 0 Å². The Hall–Kier alpha value is -2.51. The van der Waals surface area contributed by atoms with Gasteiger partial charge in [0.1, 0.15) is 6.61 Å². The maximum absolute atomic E-state index is 12.1. The molecule has 1 aliphatic heterocycles. The molecule has 0 unspecified atom stereocenters. The SMILES string of the molecule is CCOC(=O)/C(C=[NH2+])=C(/N/C=C/C(C)(C)N1CCOC1=O)OCC(C)C. The highest BCUT2D eigenvalue weighted by atomic mass is 16.6. The highest BCUT2D eigenvalue weighted by Gasteiger charge is 2.33. The quantitative estimate of drug-likeness (QED) is 0.253. The van der Waals surface area contributed by atoms with Crippen LogP contribution >= 0.6 is 0 Å². The van der Waals surface area contributed by atoms with Crippen LogP contribution in [-0.4, -0.2) is 55.1 Å². The molecular formula is C18H30N3O5+. The topological polar surface area (TPSA) is 103 Å². The molecule has 1 saturated heterocycles. The largest absolute Gasteiger partial charge is 0.478 e. The number of nitrogens with two attached hydrogens (primary N) is 1. The van der Waals surface area contributed by atoms with Crippen molar-refractivity contribution < 1.29 is 29.2 Å². The van der Waals surface area contributed by atoms with Crippen molar-refractivity contribution in [2.24, 2.45) is 5.92 Å². The van der Waals surface area contributed by atoms with Gasteiger partial charge in [0.25, 0.3) is 0 Å². The number of carbonyl (C=O) groups is 2. The number of cyclic esters (lactones) is 1. The van der Waals surface area contributed by atoms with Gasteiger partial charge in [-0.15, -0.1) is 0 Å². The molecule has 0 bridgehead atoms.